The van der Waals surface area contributed by atoms with E-state index in [9.17, 15) is 8.42 Å². The first-order valence-corrected chi connectivity index (χ1v) is 2.19. The van der Waals surface area contributed by atoms with Gasteiger partial charge in [-0.2, -0.15) is 4.28 Å². The molecule has 0 aliphatic carbocycles. The van der Waals surface area contributed by atoms with Crippen molar-refractivity contribution in [3.05, 3.63) is 10.1 Å². The van der Waals surface area contributed by atoms with Gasteiger partial charge in [0.05, 0.1) is 0 Å². The highest BCUT2D eigenvalue weighted by molar-refractivity contribution is 7.67. The summed E-state index contributed by atoms with van der Waals surface area (Å²) < 4.78 is 21.3. The third-order valence-electron chi connectivity index (χ3n) is 0.133. The molecule has 6 nitrogen and oxygen atoms in total. The van der Waals surface area contributed by atoms with E-state index < -0.39 is 16.1 Å². The number of hydrogen-bond donors (Lipinski definition) is 1. The zero-order chi connectivity index (χ0) is 5.86. The van der Waals surface area contributed by atoms with Crippen LogP contribution >= 0.6 is 0 Å². The van der Waals surface area contributed by atoms with Crippen LogP contribution in [0.4, 0.5) is 0 Å². The molecule has 0 bridgehead atoms. The lowest BCUT2D eigenvalue weighted by molar-refractivity contribution is -0.709. The monoisotopic (exact) mass is 127 g/mol. The van der Waals surface area contributed by atoms with E-state index in [-0.39, 0.29) is 0 Å². The Hall–Kier alpha value is -0.850. The fraction of sp³-hybridized carbons (Fsp3) is 0. The van der Waals surface area contributed by atoms with Gasteiger partial charge in [-0.3, -0.25) is 0 Å². The molecule has 7 heteroatoms. The van der Waals surface area contributed by atoms with Gasteiger partial charge in [0.1, 0.15) is 0 Å². The number of rotatable bonds is 2. The van der Waals surface area contributed by atoms with Gasteiger partial charge in [0.15, 0.2) is 0 Å². The third-order valence-corrected chi connectivity index (χ3v) is 0.400. The van der Waals surface area contributed by atoms with E-state index in [1.165, 1.54) is 0 Å². The predicted octanol–water partition coefficient (Wildman–Crippen LogP) is -1.28. The second kappa shape index (κ2) is 2.35. The van der Waals surface area contributed by atoms with Crippen LogP contribution in [0, 0.1) is 10.1 Å². The van der Waals surface area contributed by atoms with Crippen molar-refractivity contribution in [3.63, 3.8) is 0 Å². The van der Waals surface area contributed by atoms with E-state index in [0.29, 0.717) is 0 Å². The van der Waals surface area contributed by atoms with Gasteiger partial charge in [-0.25, -0.2) is 8.42 Å². The van der Waals surface area contributed by atoms with E-state index in [0.717, 1.165) is 0 Å². The molecule has 0 rings (SSSR count). The molecule has 0 fully saturated rings. The Morgan fingerprint density at radius 3 is 2.00 bits per heavy atom. The second-order valence-corrected chi connectivity index (χ2v) is 1.14. The molecule has 0 aromatic rings. The minimum atomic E-state index is -3.34. The minimum absolute atomic E-state index is 1.40. The van der Waals surface area contributed by atoms with Gasteiger partial charge in [-0.05, 0) is 0 Å². The summed E-state index contributed by atoms with van der Waals surface area (Å²) in [7, 11) is -3.34. The standard InChI is InChI=1S/HNO5S/c2-1(3)6-7(4)5/h7H. The molecule has 7 heavy (non-hydrogen) atoms. The first kappa shape index (κ1) is 6.15. The Bertz CT molecular complexity index is 125. The molecular formula is HNO5S. The summed E-state index contributed by atoms with van der Waals surface area (Å²) >= 11 is 0. The van der Waals surface area contributed by atoms with Crippen molar-refractivity contribution in [1.29, 1.82) is 0 Å². The Balaban J connectivity index is 3.53. The lowest BCUT2D eigenvalue weighted by Crippen LogP contribution is -1.96. The summed E-state index contributed by atoms with van der Waals surface area (Å²) in [5.74, 6) is 0. The molecule has 0 saturated heterocycles. The maximum Gasteiger partial charge on any atom is 0.310 e. The first-order chi connectivity index (χ1) is 3.13. The van der Waals surface area contributed by atoms with Crippen LogP contribution in [0.15, 0.2) is 0 Å². The topological polar surface area (TPSA) is 86.5 Å². The number of thiol groups is 1. The fourth-order valence-corrected chi connectivity index (χ4v) is 0.163. The quantitative estimate of drug-likeness (QED) is 0.283. The van der Waals surface area contributed by atoms with Gasteiger partial charge >= 0.3 is 5.09 Å². The summed E-state index contributed by atoms with van der Waals surface area (Å²) in [5, 5.41) is 7.61. The Morgan fingerprint density at radius 2 is 2.00 bits per heavy atom. The van der Waals surface area contributed by atoms with Crippen LogP contribution in [0.1, 0.15) is 0 Å². The SMILES string of the molecule is O=[N+]([O-])O[SH](=O)=O. The predicted molar refractivity (Wildman–Crippen MR) is 18.4 cm³/mol. The van der Waals surface area contributed by atoms with Gasteiger partial charge in [0.2, 0.25) is 0 Å². The van der Waals surface area contributed by atoms with Gasteiger partial charge < -0.3 is 0 Å². The van der Waals surface area contributed by atoms with Crippen LogP contribution in [-0.4, -0.2) is 13.5 Å². The molecule has 0 N–H and O–H groups in total. The normalized spacial score (nSPS) is 8.71. The minimum Gasteiger partial charge on any atom is -0.204 e. The fourth-order valence-electron chi connectivity index (χ4n) is 0.0544. The average molecular weight is 127 g/mol. The van der Waals surface area contributed by atoms with Crippen molar-refractivity contribution in [1.82, 2.24) is 0 Å². The molecule has 0 spiro atoms. The lowest BCUT2D eigenvalue weighted by atomic mass is 13.1. The van der Waals surface area contributed by atoms with E-state index in [1.807, 2.05) is 0 Å². The summed E-state index contributed by atoms with van der Waals surface area (Å²) in [6.45, 7) is 0. The molecule has 0 heterocycles. The molecule has 0 radical (unpaired) electrons. The van der Waals surface area contributed by atoms with Crippen LogP contribution in [0.3, 0.4) is 0 Å². The maximum atomic E-state index is 9.18. The first-order valence-electron chi connectivity index (χ1n) is 1.10. The van der Waals surface area contributed by atoms with Crippen molar-refractivity contribution < 1.29 is 17.8 Å². The van der Waals surface area contributed by atoms with Crippen LogP contribution in [0.2, 0.25) is 0 Å². The van der Waals surface area contributed by atoms with Gasteiger partial charge in [0, 0.05) is 0 Å². The zero-order valence-electron chi connectivity index (χ0n) is 2.94. The van der Waals surface area contributed by atoms with E-state index in [4.69, 9.17) is 10.1 Å². The summed E-state index contributed by atoms with van der Waals surface area (Å²) in [5.41, 5.74) is 0. The second-order valence-electron chi connectivity index (χ2n) is 0.529. The molecule has 42 valence electrons. The lowest BCUT2D eigenvalue weighted by Gasteiger charge is -1.76. The third kappa shape index (κ3) is 5.15. The number of nitrogens with zero attached hydrogens (tertiary/aromatic N) is 1. The van der Waals surface area contributed by atoms with E-state index in [2.05, 4.69) is 4.28 Å². The molecule has 0 aromatic carbocycles. The largest absolute Gasteiger partial charge is 0.310 e. The van der Waals surface area contributed by atoms with Crippen LogP contribution < -0.4 is 0 Å². The molecule has 0 aliphatic rings. The summed E-state index contributed by atoms with van der Waals surface area (Å²) in [6, 6.07) is 0. The summed E-state index contributed by atoms with van der Waals surface area (Å²) in [6.07, 6.45) is 0. The molecule has 0 aliphatic heterocycles. The average Bonchev–Trinajstić information content (AvgIpc) is 1.27. The Kier molecular flexibility index (Phi) is 2.06. The molecule has 0 amide bonds. The Labute approximate surface area is 40.0 Å². The highest BCUT2D eigenvalue weighted by Gasteiger charge is 1.90. The molecular weight excluding hydrogens is 126 g/mol. The molecule has 0 saturated carbocycles. The Morgan fingerprint density at radius 1 is 1.57 bits per heavy atom. The van der Waals surface area contributed by atoms with Gasteiger partial charge in [0.25, 0.3) is 11.0 Å². The molecule has 0 unspecified atom stereocenters. The van der Waals surface area contributed by atoms with Crippen molar-refractivity contribution in [2.45, 2.75) is 0 Å². The number of hydrogen-bond acceptors (Lipinski definition) is 5. The van der Waals surface area contributed by atoms with Gasteiger partial charge in [-0.15, -0.1) is 10.1 Å². The highest BCUT2D eigenvalue weighted by Crippen LogP contribution is 1.68. The summed E-state index contributed by atoms with van der Waals surface area (Å²) in [4.78, 5) is 9.01. The van der Waals surface area contributed by atoms with E-state index in [1.54, 1.807) is 0 Å². The van der Waals surface area contributed by atoms with Crippen LogP contribution in [-0.2, 0) is 15.3 Å². The molecule has 0 aromatic heterocycles. The maximum absolute atomic E-state index is 9.18. The highest BCUT2D eigenvalue weighted by atomic mass is 32.2. The van der Waals surface area contributed by atoms with Gasteiger partial charge in [-0.1, -0.05) is 0 Å². The van der Waals surface area contributed by atoms with E-state index >= 15 is 0 Å². The van der Waals surface area contributed by atoms with Crippen molar-refractivity contribution in [2.75, 3.05) is 0 Å². The van der Waals surface area contributed by atoms with Crippen molar-refractivity contribution >= 4 is 11.0 Å². The molecule has 0 atom stereocenters. The van der Waals surface area contributed by atoms with Crippen molar-refractivity contribution in [2.24, 2.45) is 0 Å². The smallest absolute Gasteiger partial charge is 0.204 e. The zero-order valence-corrected chi connectivity index (χ0v) is 3.83. The van der Waals surface area contributed by atoms with Crippen LogP contribution in [0.5, 0.6) is 0 Å². The van der Waals surface area contributed by atoms with Crippen molar-refractivity contribution in [3.8, 4) is 0 Å². The van der Waals surface area contributed by atoms with Crippen LogP contribution in [0.25, 0.3) is 0 Å².